The minimum Gasteiger partial charge on any atom is -0.313 e. The van der Waals surface area contributed by atoms with E-state index in [2.05, 4.69) is 56.6 Å². The molecule has 0 aromatic carbocycles. The zero-order chi connectivity index (χ0) is 13.6. The number of hydrogen-bond acceptors (Lipinski definition) is 3. The van der Waals surface area contributed by atoms with Gasteiger partial charge in [-0.2, -0.15) is 11.8 Å². The molecule has 0 spiro atoms. The Morgan fingerprint density at radius 3 is 2.56 bits per heavy atom. The second kappa shape index (κ2) is 7.76. The first-order chi connectivity index (χ1) is 8.37. The van der Waals surface area contributed by atoms with Gasteiger partial charge in [-0.25, -0.2) is 0 Å². The topological polar surface area (TPSA) is 15.3 Å². The number of rotatable bonds is 7. The van der Waals surface area contributed by atoms with Gasteiger partial charge < -0.3 is 10.2 Å². The van der Waals surface area contributed by atoms with Crippen LogP contribution < -0.4 is 5.32 Å². The lowest BCUT2D eigenvalue weighted by Gasteiger charge is -2.28. The highest BCUT2D eigenvalue weighted by Crippen LogP contribution is 2.23. The standard InChI is InChI=1S/C15H32N2S/c1-13(2)11-17(9-10-18-15(3,4)5)12-14-7-6-8-16-14/h13-14,16H,6-12H2,1-5H3. The van der Waals surface area contributed by atoms with Crippen LogP contribution in [0, 0.1) is 5.92 Å². The van der Waals surface area contributed by atoms with Crippen molar-refractivity contribution in [3.63, 3.8) is 0 Å². The molecular weight excluding hydrogens is 240 g/mol. The summed E-state index contributed by atoms with van der Waals surface area (Å²) in [5.74, 6) is 2.02. The Balaban J connectivity index is 2.30. The third-order valence-electron chi connectivity index (χ3n) is 3.21. The zero-order valence-corrected chi connectivity index (χ0v) is 13.8. The molecule has 0 bridgehead atoms. The molecule has 0 aliphatic carbocycles. The Morgan fingerprint density at radius 1 is 1.33 bits per heavy atom. The molecule has 18 heavy (non-hydrogen) atoms. The summed E-state index contributed by atoms with van der Waals surface area (Å²) >= 11 is 2.08. The number of nitrogens with zero attached hydrogens (tertiary/aromatic N) is 1. The van der Waals surface area contributed by atoms with E-state index >= 15 is 0 Å². The molecule has 1 fully saturated rings. The molecule has 1 unspecified atom stereocenters. The van der Waals surface area contributed by atoms with Crippen LogP contribution in [0.15, 0.2) is 0 Å². The minimum atomic E-state index is 0.398. The third kappa shape index (κ3) is 7.65. The van der Waals surface area contributed by atoms with Gasteiger partial charge in [0.15, 0.2) is 0 Å². The molecular formula is C15H32N2S. The van der Waals surface area contributed by atoms with Crippen LogP contribution in [0.2, 0.25) is 0 Å². The molecule has 0 aromatic rings. The van der Waals surface area contributed by atoms with Crippen molar-refractivity contribution < 1.29 is 0 Å². The Kier molecular flexibility index (Phi) is 7.04. The average Bonchev–Trinajstić information content (AvgIpc) is 2.67. The van der Waals surface area contributed by atoms with Gasteiger partial charge in [0.1, 0.15) is 0 Å². The van der Waals surface area contributed by atoms with E-state index in [4.69, 9.17) is 0 Å². The van der Waals surface area contributed by atoms with Crippen LogP contribution in [-0.2, 0) is 0 Å². The summed E-state index contributed by atoms with van der Waals surface area (Å²) in [7, 11) is 0. The maximum atomic E-state index is 3.62. The van der Waals surface area contributed by atoms with Gasteiger partial charge in [0.05, 0.1) is 0 Å². The SMILES string of the molecule is CC(C)CN(CCSC(C)(C)C)CC1CCCN1. The fourth-order valence-corrected chi connectivity index (χ4v) is 3.44. The fourth-order valence-electron chi connectivity index (χ4n) is 2.48. The molecule has 0 saturated carbocycles. The summed E-state index contributed by atoms with van der Waals surface area (Å²) in [6, 6.07) is 0.739. The van der Waals surface area contributed by atoms with Crippen LogP contribution in [0.25, 0.3) is 0 Å². The normalized spacial score (nSPS) is 21.2. The summed E-state index contributed by atoms with van der Waals surface area (Å²) in [6.45, 7) is 16.5. The van der Waals surface area contributed by atoms with Crippen molar-refractivity contribution in [3.05, 3.63) is 0 Å². The van der Waals surface area contributed by atoms with E-state index in [1.165, 1.54) is 44.8 Å². The molecule has 0 amide bonds. The number of hydrogen-bond donors (Lipinski definition) is 1. The van der Waals surface area contributed by atoms with Crippen LogP contribution >= 0.6 is 11.8 Å². The van der Waals surface area contributed by atoms with Crippen molar-refractivity contribution in [2.45, 2.75) is 58.2 Å². The molecule has 1 heterocycles. The van der Waals surface area contributed by atoms with Gasteiger partial charge >= 0.3 is 0 Å². The molecule has 108 valence electrons. The minimum absolute atomic E-state index is 0.398. The van der Waals surface area contributed by atoms with Crippen molar-refractivity contribution in [2.24, 2.45) is 5.92 Å². The van der Waals surface area contributed by atoms with Gasteiger partial charge in [-0.15, -0.1) is 0 Å². The van der Waals surface area contributed by atoms with Crippen LogP contribution in [0.4, 0.5) is 0 Å². The Bertz CT molecular complexity index is 217. The van der Waals surface area contributed by atoms with E-state index in [1.54, 1.807) is 0 Å². The molecule has 1 aliphatic heterocycles. The summed E-state index contributed by atoms with van der Waals surface area (Å²) in [5.41, 5.74) is 0. The quantitative estimate of drug-likeness (QED) is 0.766. The summed E-state index contributed by atoms with van der Waals surface area (Å²) in [4.78, 5) is 2.66. The van der Waals surface area contributed by atoms with Gasteiger partial charge in [-0.05, 0) is 25.3 Å². The van der Waals surface area contributed by atoms with Crippen LogP contribution in [0.5, 0.6) is 0 Å². The molecule has 0 aromatic heterocycles. The van der Waals surface area contributed by atoms with Crippen LogP contribution in [0.3, 0.4) is 0 Å². The summed E-state index contributed by atoms with van der Waals surface area (Å²) < 4.78 is 0.398. The van der Waals surface area contributed by atoms with E-state index in [0.717, 1.165) is 12.0 Å². The first-order valence-corrected chi connectivity index (χ1v) is 8.45. The Hall–Kier alpha value is 0.270. The molecule has 0 radical (unpaired) electrons. The van der Waals surface area contributed by atoms with E-state index < -0.39 is 0 Å². The lowest BCUT2D eigenvalue weighted by molar-refractivity contribution is 0.236. The molecule has 2 nitrogen and oxygen atoms in total. The van der Waals surface area contributed by atoms with Gasteiger partial charge in [0, 0.05) is 36.2 Å². The van der Waals surface area contributed by atoms with Crippen LogP contribution in [0.1, 0.15) is 47.5 Å². The number of thioether (sulfide) groups is 1. The van der Waals surface area contributed by atoms with Crippen molar-refractivity contribution >= 4 is 11.8 Å². The highest BCUT2D eigenvalue weighted by atomic mass is 32.2. The second-order valence-electron chi connectivity index (χ2n) is 6.91. The molecule has 3 heteroatoms. The molecule has 1 saturated heterocycles. The van der Waals surface area contributed by atoms with Crippen molar-refractivity contribution in [3.8, 4) is 0 Å². The fraction of sp³-hybridized carbons (Fsp3) is 1.00. The van der Waals surface area contributed by atoms with E-state index in [-0.39, 0.29) is 0 Å². The zero-order valence-electron chi connectivity index (χ0n) is 13.0. The van der Waals surface area contributed by atoms with E-state index in [0.29, 0.717) is 4.75 Å². The summed E-state index contributed by atoms with van der Waals surface area (Å²) in [6.07, 6.45) is 2.72. The average molecular weight is 273 g/mol. The summed E-state index contributed by atoms with van der Waals surface area (Å²) in [5, 5.41) is 3.62. The van der Waals surface area contributed by atoms with E-state index in [1.807, 2.05) is 0 Å². The van der Waals surface area contributed by atoms with Gasteiger partial charge in [0.25, 0.3) is 0 Å². The molecule has 1 atom stereocenters. The Morgan fingerprint density at radius 2 is 2.06 bits per heavy atom. The maximum Gasteiger partial charge on any atom is 0.0195 e. The Labute approximate surface area is 118 Å². The van der Waals surface area contributed by atoms with E-state index in [9.17, 15) is 0 Å². The maximum absolute atomic E-state index is 3.62. The van der Waals surface area contributed by atoms with Gasteiger partial charge in [-0.3, -0.25) is 0 Å². The van der Waals surface area contributed by atoms with Crippen molar-refractivity contribution in [1.82, 2.24) is 10.2 Å². The van der Waals surface area contributed by atoms with Gasteiger partial charge in [0.2, 0.25) is 0 Å². The van der Waals surface area contributed by atoms with Crippen LogP contribution in [-0.4, -0.2) is 47.6 Å². The lowest BCUT2D eigenvalue weighted by Crippen LogP contribution is -2.40. The first-order valence-electron chi connectivity index (χ1n) is 7.46. The molecule has 1 N–H and O–H groups in total. The number of nitrogens with one attached hydrogen (secondary N) is 1. The highest BCUT2D eigenvalue weighted by molar-refractivity contribution is 8.00. The molecule has 1 rings (SSSR count). The second-order valence-corrected chi connectivity index (χ2v) is 8.83. The van der Waals surface area contributed by atoms with Crippen molar-refractivity contribution in [2.75, 3.05) is 31.9 Å². The van der Waals surface area contributed by atoms with Gasteiger partial charge in [-0.1, -0.05) is 34.6 Å². The largest absolute Gasteiger partial charge is 0.313 e. The predicted octanol–water partition coefficient (Wildman–Crippen LogP) is 3.23. The van der Waals surface area contributed by atoms with Crippen molar-refractivity contribution in [1.29, 1.82) is 0 Å². The highest BCUT2D eigenvalue weighted by Gasteiger charge is 2.19. The third-order valence-corrected chi connectivity index (χ3v) is 4.46. The smallest absolute Gasteiger partial charge is 0.0195 e. The predicted molar refractivity (Wildman–Crippen MR) is 84.5 cm³/mol. The lowest BCUT2D eigenvalue weighted by atomic mass is 10.1. The molecule has 1 aliphatic rings. The monoisotopic (exact) mass is 272 g/mol. The first kappa shape index (κ1) is 16.3.